The predicted molar refractivity (Wildman–Crippen MR) is 45.3 cm³/mol. The van der Waals surface area contributed by atoms with E-state index in [1.165, 1.54) is 0 Å². The van der Waals surface area contributed by atoms with Crippen LogP contribution in [0.2, 0.25) is 0 Å². The Morgan fingerprint density at radius 3 is 2.27 bits per heavy atom. The highest BCUT2D eigenvalue weighted by atomic mass is 16.5. The largest absolute Gasteiger partial charge is 0.387 e. The zero-order chi connectivity index (χ0) is 9.07. The van der Waals surface area contributed by atoms with Crippen LogP contribution >= 0.6 is 0 Å². The summed E-state index contributed by atoms with van der Waals surface area (Å²) in [6.45, 7) is 5.97. The van der Waals surface area contributed by atoms with E-state index in [-0.39, 0.29) is 12.0 Å². The summed E-state index contributed by atoms with van der Waals surface area (Å²) < 4.78 is 5.03. The highest BCUT2D eigenvalue weighted by molar-refractivity contribution is 4.85. The minimum absolute atomic E-state index is 0.0532. The minimum atomic E-state index is -0.830. The molecule has 3 atom stereocenters. The van der Waals surface area contributed by atoms with Crippen LogP contribution in [0.3, 0.4) is 0 Å². The van der Waals surface area contributed by atoms with Crippen molar-refractivity contribution in [2.24, 2.45) is 11.7 Å². The summed E-state index contributed by atoms with van der Waals surface area (Å²) >= 11 is 0. The molecule has 0 spiro atoms. The molecule has 68 valence electrons. The number of hydrogen-bond donors (Lipinski definition) is 2. The third-order valence-corrected chi connectivity index (χ3v) is 2.53. The monoisotopic (exact) mass is 161 g/mol. The zero-order valence-corrected chi connectivity index (χ0v) is 7.79. The molecule has 0 saturated carbocycles. The van der Waals surface area contributed by atoms with Gasteiger partial charge in [-0.2, -0.15) is 0 Å². The Kier molecular flexibility index (Phi) is 4.00. The topological polar surface area (TPSA) is 55.5 Å². The van der Waals surface area contributed by atoms with E-state index in [9.17, 15) is 5.11 Å². The van der Waals surface area contributed by atoms with Gasteiger partial charge in [0, 0.05) is 7.11 Å². The number of rotatable bonds is 4. The zero-order valence-electron chi connectivity index (χ0n) is 7.79. The maximum atomic E-state index is 9.85. The standard InChI is InChI=1S/C8H19NO2/c1-6(5-9)8(3,10)7(2)11-4/h6-7,10H,5,9H2,1-4H3. The van der Waals surface area contributed by atoms with E-state index in [1.807, 2.05) is 13.8 Å². The first-order valence-corrected chi connectivity index (χ1v) is 3.92. The van der Waals surface area contributed by atoms with E-state index in [2.05, 4.69) is 0 Å². The van der Waals surface area contributed by atoms with Gasteiger partial charge in [0.05, 0.1) is 11.7 Å². The molecular weight excluding hydrogens is 142 g/mol. The number of ether oxygens (including phenoxy) is 1. The lowest BCUT2D eigenvalue weighted by Crippen LogP contribution is -2.47. The first kappa shape index (κ1) is 10.9. The number of hydrogen-bond acceptors (Lipinski definition) is 3. The van der Waals surface area contributed by atoms with Gasteiger partial charge in [0.25, 0.3) is 0 Å². The summed E-state index contributed by atoms with van der Waals surface area (Å²) in [5.74, 6) is 0.0532. The van der Waals surface area contributed by atoms with Crippen molar-refractivity contribution in [1.29, 1.82) is 0 Å². The van der Waals surface area contributed by atoms with Gasteiger partial charge < -0.3 is 15.6 Å². The first-order valence-electron chi connectivity index (χ1n) is 3.92. The molecule has 0 aliphatic heterocycles. The Hall–Kier alpha value is -0.120. The fraction of sp³-hybridized carbons (Fsp3) is 1.00. The fourth-order valence-corrected chi connectivity index (χ4v) is 0.878. The van der Waals surface area contributed by atoms with Crippen LogP contribution in [0.5, 0.6) is 0 Å². The van der Waals surface area contributed by atoms with Crippen molar-refractivity contribution in [3.8, 4) is 0 Å². The number of aliphatic hydroxyl groups is 1. The molecule has 0 aromatic carbocycles. The van der Waals surface area contributed by atoms with Gasteiger partial charge in [-0.15, -0.1) is 0 Å². The van der Waals surface area contributed by atoms with Gasteiger partial charge in [-0.3, -0.25) is 0 Å². The van der Waals surface area contributed by atoms with Gasteiger partial charge >= 0.3 is 0 Å². The molecule has 0 saturated heterocycles. The molecule has 0 aliphatic rings. The Labute approximate surface area is 68.5 Å². The van der Waals surface area contributed by atoms with Crippen LogP contribution in [-0.4, -0.2) is 30.5 Å². The Bertz CT molecular complexity index is 103. The summed E-state index contributed by atoms with van der Waals surface area (Å²) in [7, 11) is 1.59. The van der Waals surface area contributed by atoms with Crippen LogP contribution in [-0.2, 0) is 4.74 Å². The van der Waals surface area contributed by atoms with Crippen molar-refractivity contribution in [2.45, 2.75) is 32.5 Å². The summed E-state index contributed by atoms with van der Waals surface area (Å²) in [5, 5.41) is 9.85. The summed E-state index contributed by atoms with van der Waals surface area (Å²) in [5.41, 5.74) is 4.61. The number of nitrogens with two attached hydrogens (primary N) is 1. The molecular formula is C8H19NO2. The molecule has 3 N–H and O–H groups in total. The second-order valence-electron chi connectivity index (χ2n) is 3.24. The van der Waals surface area contributed by atoms with E-state index >= 15 is 0 Å². The smallest absolute Gasteiger partial charge is 0.0914 e. The van der Waals surface area contributed by atoms with E-state index in [0.717, 1.165) is 0 Å². The Balaban J connectivity index is 4.18. The van der Waals surface area contributed by atoms with Gasteiger partial charge in [-0.05, 0) is 26.3 Å². The molecule has 3 heteroatoms. The Morgan fingerprint density at radius 1 is 1.55 bits per heavy atom. The maximum Gasteiger partial charge on any atom is 0.0914 e. The highest BCUT2D eigenvalue weighted by Gasteiger charge is 2.33. The molecule has 0 aromatic heterocycles. The molecule has 0 radical (unpaired) electrons. The molecule has 0 amide bonds. The third kappa shape index (κ3) is 2.43. The van der Waals surface area contributed by atoms with E-state index < -0.39 is 5.60 Å². The van der Waals surface area contributed by atoms with Crippen molar-refractivity contribution in [3.05, 3.63) is 0 Å². The van der Waals surface area contributed by atoms with Crippen molar-refractivity contribution >= 4 is 0 Å². The normalized spacial score (nSPS) is 22.4. The van der Waals surface area contributed by atoms with E-state index in [0.29, 0.717) is 6.54 Å². The quantitative estimate of drug-likeness (QED) is 0.626. The van der Waals surface area contributed by atoms with E-state index in [4.69, 9.17) is 10.5 Å². The van der Waals surface area contributed by atoms with Crippen molar-refractivity contribution in [2.75, 3.05) is 13.7 Å². The summed E-state index contributed by atoms with van der Waals surface area (Å²) in [6.07, 6.45) is -0.180. The van der Waals surface area contributed by atoms with Crippen LogP contribution in [0.25, 0.3) is 0 Å². The summed E-state index contributed by atoms with van der Waals surface area (Å²) in [6, 6.07) is 0. The van der Waals surface area contributed by atoms with Gasteiger partial charge in [-0.25, -0.2) is 0 Å². The molecule has 0 aliphatic carbocycles. The lowest BCUT2D eigenvalue weighted by molar-refractivity contribution is -0.102. The van der Waals surface area contributed by atoms with Gasteiger partial charge in [0.15, 0.2) is 0 Å². The molecule has 0 bridgehead atoms. The average molecular weight is 161 g/mol. The molecule has 0 heterocycles. The molecule has 11 heavy (non-hydrogen) atoms. The van der Waals surface area contributed by atoms with Crippen LogP contribution in [0, 0.1) is 5.92 Å². The summed E-state index contributed by atoms with van der Waals surface area (Å²) in [4.78, 5) is 0. The lowest BCUT2D eigenvalue weighted by Gasteiger charge is -2.34. The predicted octanol–water partition coefficient (Wildman–Crippen LogP) is 0.367. The third-order valence-electron chi connectivity index (χ3n) is 2.53. The molecule has 0 aromatic rings. The van der Waals surface area contributed by atoms with Crippen molar-refractivity contribution in [1.82, 2.24) is 0 Å². The van der Waals surface area contributed by atoms with Crippen molar-refractivity contribution in [3.63, 3.8) is 0 Å². The average Bonchev–Trinajstić information content (AvgIpc) is 2.01. The van der Waals surface area contributed by atoms with Gasteiger partial charge in [-0.1, -0.05) is 6.92 Å². The molecule has 0 rings (SSSR count). The van der Waals surface area contributed by atoms with Crippen LogP contribution < -0.4 is 5.73 Å². The minimum Gasteiger partial charge on any atom is -0.387 e. The maximum absolute atomic E-state index is 9.85. The molecule has 3 unspecified atom stereocenters. The SMILES string of the molecule is COC(C)C(C)(O)C(C)CN. The molecule has 0 fully saturated rings. The number of methoxy groups -OCH3 is 1. The highest BCUT2D eigenvalue weighted by Crippen LogP contribution is 2.21. The fourth-order valence-electron chi connectivity index (χ4n) is 0.878. The van der Waals surface area contributed by atoms with E-state index in [1.54, 1.807) is 14.0 Å². The van der Waals surface area contributed by atoms with Crippen molar-refractivity contribution < 1.29 is 9.84 Å². The Morgan fingerprint density at radius 2 is 2.00 bits per heavy atom. The van der Waals surface area contributed by atoms with Crippen LogP contribution in [0.1, 0.15) is 20.8 Å². The lowest BCUT2D eigenvalue weighted by atomic mass is 9.86. The van der Waals surface area contributed by atoms with Crippen LogP contribution in [0.15, 0.2) is 0 Å². The first-order chi connectivity index (χ1) is 4.96. The van der Waals surface area contributed by atoms with Gasteiger partial charge in [0.2, 0.25) is 0 Å². The molecule has 3 nitrogen and oxygen atoms in total. The van der Waals surface area contributed by atoms with Gasteiger partial charge in [0.1, 0.15) is 0 Å². The second kappa shape index (κ2) is 4.04. The second-order valence-corrected chi connectivity index (χ2v) is 3.24. The van der Waals surface area contributed by atoms with Crippen LogP contribution in [0.4, 0.5) is 0 Å².